The highest BCUT2D eigenvalue weighted by Crippen LogP contribution is 2.46. The van der Waals surface area contributed by atoms with Crippen molar-refractivity contribution >= 4 is 17.8 Å². The van der Waals surface area contributed by atoms with Crippen molar-refractivity contribution in [3.63, 3.8) is 0 Å². The third-order valence-electron chi connectivity index (χ3n) is 6.97. The van der Waals surface area contributed by atoms with Crippen molar-refractivity contribution in [1.82, 2.24) is 14.8 Å². The van der Waals surface area contributed by atoms with Gasteiger partial charge in [-0.25, -0.2) is 9.78 Å². The maximum atomic E-state index is 13.5. The third kappa shape index (κ3) is 5.19. The summed E-state index contributed by atoms with van der Waals surface area (Å²) in [6.45, 7) is 9.11. The lowest BCUT2D eigenvalue weighted by Crippen LogP contribution is -2.54. The second-order valence-corrected chi connectivity index (χ2v) is 10.0. The molecule has 1 saturated heterocycles. The molecule has 0 unspecified atom stereocenters. The van der Waals surface area contributed by atoms with Gasteiger partial charge in [-0.15, -0.1) is 0 Å². The summed E-state index contributed by atoms with van der Waals surface area (Å²) in [4.78, 5) is 34.5. The number of carbonyl (C=O) groups is 2. The molecule has 1 saturated carbocycles. The Bertz CT molecular complexity index is 878. The van der Waals surface area contributed by atoms with Crippen LogP contribution >= 0.6 is 0 Å². The van der Waals surface area contributed by atoms with Gasteiger partial charge in [-0.2, -0.15) is 13.2 Å². The highest BCUT2D eigenvalue weighted by atomic mass is 19.4. The summed E-state index contributed by atoms with van der Waals surface area (Å²) in [6.07, 6.45) is -1.88. The van der Waals surface area contributed by atoms with Gasteiger partial charge in [0.05, 0.1) is 11.0 Å². The number of carbonyl (C=O) groups excluding carboxylic acids is 1. The van der Waals surface area contributed by atoms with Crippen LogP contribution < -0.4 is 4.90 Å². The van der Waals surface area contributed by atoms with Crippen LogP contribution in [-0.4, -0.2) is 69.7 Å². The second-order valence-electron chi connectivity index (χ2n) is 10.0. The van der Waals surface area contributed by atoms with Crippen LogP contribution in [0, 0.1) is 5.41 Å². The molecule has 1 aromatic heterocycles. The minimum absolute atomic E-state index is 0.0170. The van der Waals surface area contributed by atoms with Gasteiger partial charge in [-0.05, 0) is 58.6 Å². The predicted molar refractivity (Wildman–Crippen MR) is 118 cm³/mol. The van der Waals surface area contributed by atoms with Crippen molar-refractivity contribution in [2.75, 3.05) is 31.1 Å². The van der Waals surface area contributed by atoms with E-state index >= 15 is 0 Å². The van der Waals surface area contributed by atoms with Crippen molar-refractivity contribution in [1.29, 1.82) is 0 Å². The lowest BCUT2D eigenvalue weighted by atomic mass is 9.81. The standard InChI is InChI=1S/C23H33F3N4O3/c1-5-22(8-6-17(15-22)30(20(32)33)21(2,3)4)19(31)29-12-10-28(11-13-29)18-14-16(7-9-27-18)23(24,25)26/h7,9,14,17H,5-6,8,10-13,15H2,1-4H3,(H,32,33)/t17-,22+/m0/s1. The van der Waals surface area contributed by atoms with Gasteiger partial charge in [0, 0.05) is 44.0 Å². The minimum atomic E-state index is -4.43. The molecule has 184 valence electrons. The van der Waals surface area contributed by atoms with Crippen molar-refractivity contribution in [2.45, 2.75) is 71.1 Å². The minimum Gasteiger partial charge on any atom is -0.465 e. The number of anilines is 1. The van der Waals surface area contributed by atoms with E-state index in [1.807, 2.05) is 27.7 Å². The zero-order chi connectivity index (χ0) is 24.6. The van der Waals surface area contributed by atoms with E-state index in [4.69, 9.17) is 0 Å². The Labute approximate surface area is 192 Å². The fraction of sp³-hybridized carbons (Fsp3) is 0.696. The van der Waals surface area contributed by atoms with E-state index in [9.17, 15) is 27.9 Å². The van der Waals surface area contributed by atoms with Crippen LogP contribution in [0.15, 0.2) is 18.3 Å². The van der Waals surface area contributed by atoms with Crippen molar-refractivity contribution in [3.05, 3.63) is 23.9 Å². The van der Waals surface area contributed by atoms with E-state index in [1.54, 1.807) is 9.80 Å². The molecule has 1 aliphatic heterocycles. The first-order chi connectivity index (χ1) is 15.3. The van der Waals surface area contributed by atoms with Gasteiger partial charge >= 0.3 is 12.3 Å². The molecule has 0 aromatic carbocycles. The fourth-order valence-electron chi connectivity index (χ4n) is 5.22. The highest BCUT2D eigenvalue weighted by Gasteiger charge is 2.50. The number of nitrogens with zero attached hydrogens (tertiary/aromatic N) is 4. The van der Waals surface area contributed by atoms with Crippen LogP contribution in [0.4, 0.5) is 23.8 Å². The van der Waals surface area contributed by atoms with Gasteiger partial charge in [0.2, 0.25) is 5.91 Å². The zero-order valence-corrected chi connectivity index (χ0v) is 19.7. The molecule has 2 aliphatic rings. The Morgan fingerprint density at radius 2 is 1.85 bits per heavy atom. The number of amides is 2. The molecule has 0 spiro atoms. The number of hydrogen-bond acceptors (Lipinski definition) is 4. The van der Waals surface area contributed by atoms with E-state index in [1.165, 1.54) is 4.90 Å². The summed E-state index contributed by atoms with van der Waals surface area (Å²) in [6, 6.07) is 1.77. The topological polar surface area (TPSA) is 77.0 Å². The largest absolute Gasteiger partial charge is 0.465 e. The molecule has 2 heterocycles. The Morgan fingerprint density at radius 1 is 1.21 bits per heavy atom. The Balaban J connectivity index is 1.68. The molecule has 1 aliphatic carbocycles. The number of alkyl halides is 3. The van der Waals surface area contributed by atoms with Crippen LogP contribution in [0.25, 0.3) is 0 Å². The van der Waals surface area contributed by atoms with Crippen molar-refractivity contribution in [2.24, 2.45) is 5.41 Å². The average molecular weight is 471 g/mol. The number of aromatic nitrogens is 1. The molecular formula is C23H33F3N4O3. The number of pyridine rings is 1. The van der Waals surface area contributed by atoms with Gasteiger partial charge in [0.1, 0.15) is 5.82 Å². The Morgan fingerprint density at radius 3 is 2.36 bits per heavy atom. The quantitative estimate of drug-likeness (QED) is 0.702. The van der Waals surface area contributed by atoms with Crippen LogP contribution in [0.2, 0.25) is 0 Å². The first-order valence-electron chi connectivity index (χ1n) is 11.4. The molecule has 0 bridgehead atoms. The predicted octanol–water partition coefficient (Wildman–Crippen LogP) is 4.48. The van der Waals surface area contributed by atoms with E-state index in [-0.39, 0.29) is 17.8 Å². The Kier molecular flexibility index (Phi) is 6.87. The molecule has 3 rings (SSSR count). The van der Waals surface area contributed by atoms with Crippen LogP contribution in [0.5, 0.6) is 0 Å². The SMILES string of the molecule is CC[C@@]1(C(=O)N2CCN(c3cc(C(F)(F)F)ccn3)CC2)CC[C@H](N(C(=O)O)C(C)(C)C)C1. The van der Waals surface area contributed by atoms with Gasteiger partial charge in [-0.3, -0.25) is 4.79 Å². The third-order valence-corrected chi connectivity index (χ3v) is 6.97. The summed E-state index contributed by atoms with van der Waals surface area (Å²) in [5.41, 5.74) is -1.91. The summed E-state index contributed by atoms with van der Waals surface area (Å²) >= 11 is 0. The summed E-state index contributed by atoms with van der Waals surface area (Å²) < 4.78 is 39.1. The number of rotatable bonds is 4. The van der Waals surface area contributed by atoms with E-state index in [0.29, 0.717) is 51.9 Å². The van der Waals surface area contributed by atoms with Gasteiger partial charge < -0.3 is 19.8 Å². The lowest BCUT2D eigenvalue weighted by Gasteiger charge is -2.41. The van der Waals surface area contributed by atoms with E-state index < -0.39 is 28.8 Å². The van der Waals surface area contributed by atoms with E-state index in [0.717, 1.165) is 18.3 Å². The highest BCUT2D eigenvalue weighted by molar-refractivity contribution is 5.83. The fourth-order valence-corrected chi connectivity index (χ4v) is 5.22. The maximum Gasteiger partial charge on any atom is 0.416 e. The normalized spacial score (nSPS) is 24.2. The second kappa shape index (κ2) is 9.02. The number of carboxylic acid groups (broad SMARTS) is 1. The monoisotopic (exact) mass is 470 g/mol. The first-order valence-corrected chi connectivity index (χ1v) is 11.4. The van der Waals surface area contributed by atoms with Crippen LogP contribution in [-0.2, 0) is 11.0 Å². The summed E-state index contributed by atoms with van der Waals surface area (Å²) in [7, 11) is 0. The molecule has 2 fully saturated rings. The number of piperazine rings is 1. The van der Waals surface area contributed by atoms with E-state index in [2.05, 4.69) is 4.98 Å². The van der Waals surface area contributed by atoms with Gasteiger partial charge in [0.25, 0.3) is 0 Å². The Hall–Kier alpha value is -2.52. The molecule has 0 radical (unpaired) electrons. The van der Waals surface area contributed by atoms with Crippen molar-refractivity contribution in [3.8, 4) is 0 Å². The summed E-state index contributed by atoms with van der Waals surface area (Å²) in [5, 5.41) is 9.76. The molecular weight excluding hydrogens is 437 g/mol. The summed E-state index contributed by atoms with van der Waals surface area (Å²) in [5.74, 6) is 0.272. The van der Waals surface area contributed by atoms with Crippen molar-refractivity contribution < 1.29 is 27.9 Å². The zero-order valence-electron chi connectivity index (χ0n) is 19.7. The molecule has 1 aromatic rings. The van der Waals surface area contributed by atoms with Crippen LogP contribution in [0.3, 0.4) is 0 Å². The maximum absolute atomic E-state index is 13.5. The lowest BCUT2D eigenvalue weighted by molar-refractivity contribution is -0.143. The van der Waals surface area contributed by atoms with Gasteiger partial charge in [0.15, 0.2) is 0 Å². The molecule has 33 heavy (non-hydrogen) atoms. The average Bonchev–Trinajstić information content (AvgIpc) is 3.16. The molecule has 7 nitrogen and oxygen atoms in total. The van der Waals surface area contributed by atoms with Gasteiger partial charge in [-0.1, -0.05) is 6.92 Å². The molecule has 10 heteroatoms. The molecule has 2 amide bonds. The smallest absolute Gasteiger partial charge is 0.416 e. The molecule has 2 atom stereocenters. The molecule has 1 N–H and O–H groups in total. The number of hydrogen-bond donors (Lipinski definition) is 1. The number of halogens is 3. The first kappa shape index (κ1) is 25.1. The van der Waals surface area contributed by atoms with Crippen LogP contribution in [0.1, 0.15) is 58.9 Å².